The number of rotatable bonds is 6. The quantitative estimate of drug-likeness (QED) is 0.722. The lowest BCUT2D eigenvalue weighted by atomic mass is 10.0. The molecule has 0 unspecified atom stereocenters. The Balaban J connectivity index is 1.80. The van der Waals surface area contributed by atoms with Crippen molar-refractivity contribution in [1.29, 1.82) is 0 Å². The Morgan fingerprint density at radius 2 is 1.79 bits per heavy atom. The molecule has 2 aliphatic rings. The van der Waals surface area contributed by atoms with Gasteiger partial charge in [0, 0.05) is 12.6 Å². The monoisotopic (exact) mass is 266 g/mol. The molecule has 2 saturated carbocycles. The molecule has 4 nitrogen and oxygen atoms in total. The van der Waals surface area contributed by atoms with Crippen molar-refractivity contribution in [2.75, 3.05) is 6.54 Å². The molecule has 0 heterocycles. The standard InChI is InChI=1S/C15H26N2O2/c1-11(2)7-10-16-13(18)15(8-9-15)14(19)17-12-5-3-4-6-12/h11-12H,3-10H2,1-2H3,(H,16,18)(H,17,19). The van der Waals surface area contributed by atoms with Gasteiger partial charge in [0.2, 0.25) is 11.8 Å². The third kappa shape index (κ3) is 3.48. The van der Waals surface area contributed by atoms with E-state index in [0.717, 1.165) is 19.3 Å². The molecule has 0 saturated heterocycles. The van der Waals surface area contributed by atoms with Crippen LogP contribution < -0.4 is 10.6 Å². The van der Waals surface area contributed by atoms with Gasteiger partial charge in [0.25, 0.3) is 0 Å². The van der Waals surface area contributed by atoms with Crippen molar-refractivity contribution in [3.63, 3.8) is 0 Å². The average molecular weight is 266 g/mol. The van der Waals surface area contributed by atoms with Crippen LogP contribution in [0.3, 0.4) is 0 Å². The molecule has 0 aromatic rings. The molecule has 2 amide bonds. The predicted molar refractivity (Wildman–Crippen MR) is 74.5 cm³/mol. The SMILES string of the molecule is CC(C)CCNC(=O)C1(C(=O)NC2CCCC2)CC1. The summed E-state index contributed by atoms with van der Waals surface area (Å²) in [6.45, 7) is 4.94. The summed E-state index contributed by atoms with van der Waals surface area (Å²) in [6, 6.07) is 0.299. The molecule has 0 spiro atoms. The van der Waals surface area contributed by atoms with E-state index in [4.69, 9.17) is 0 Å². The Morgan fingerprint density at radius 3 is 2.32 bits per heavy atom. The molecule has 0 aliphatic heterocycles. The van der Waals surface area contributed by atoms with Crippen LogP contribution in [0.15, 0.2) is 0 Å². The summed E-state index contributed by atoms with van der Waals surface area (Å²) >= 11 is 0. The summed E-state index contributed by atoms with van der Waals surface area (Å²) in [5, 5.41) is 5.98. The normalized spacial score (nSPS) is 21.4. The van der Waals surface area contributed by atoms with Gasteiger partial charge >= 0.3 is 0 Å². The minimum Gasteiger partial charge on any atom is -0.355 e. The Morgan fingerprint density at radius 1 is 1.16 bits per heavy atom. The highest BCUT2D eigenvalue weighted by Gasteiger charge is 2.56. The van der Waals surface area contributed by atoms with Crippen LogP contribution in [-0.2, 0) is 9.59 Å². The maximum absolute atomic E-state index is 12.2. The first kappa shape index (κ1) is 14.4. The van der Waals surface area contributed by atoms with Gasteiger partial charge in [0.1, 0.15) is 5.41 Å². The first-order valence-corrected chi connectivity index (χ1v) is 7.64. The summed E-state index contributed by atoms with van der Waals surface area (Å²) in [7, 11) is 0. The number of carbonyl (C=O) groups is 2. The fourth-order valence-electron chi connectivity index (χ4n) is 2.72. The zero-order valence-electron chi connectivity index (χ0n) is 12.1. The molecule has 2 fully saturated rings. The molecule has 2 aliphatic carbocycles. The average Bonchev–Trinajstić information content (AvgIpc) is 3.02. The number of hydrogen-bond acceptors (Lipinski definition) is 2. The molecule has 0 aromatic heterocycles. The second kappa shape index (κ2) is 5.93. The Labute approximate surface area is 115 Å². The summed E-state index contributed by atoms with van der Waals surface area (Å²) in [6.07, 6.45) is 6.90. The zero-order chi connectivity index (χ0) is 13.9. The smallest absolute Gasteiger partial charge is 0.235 e. The van der Waals surface area contributed by atoms with Crippen LogP contribution >= 0.6 is 0 Å². The van der Waals surface area contributed by atoms with Gasteiger partial charge in [-0.25, -0.2) is 0 Å². The molecule has 19 heavy (non-hydrogen) atoms. The Kier molecular flexibility index (Phi) is 4.48. The van der Waals surface area contributed by atoms with Crippen molar-refractivity contribution in [3.05, 3.63) is 0 Å². The highest BCUT2D eigenvalue weighted by Crippen LogP contribution is 2.46. The molecular formula is C15H26N2O2. The summed E-state index contributed by atoms with van der Waals surface area (Å²) < 4.78 is 0. The van der Waals surface area contributed by atoms with Crippen LogP contribution in [0.1, 0.15) is 58.8 Å². The van der Waals surface area contributed by atoms with Crippen LogP contribution in [0.4, 0.5) is 0 Å². The van der Waals surface area contributed by atoms with Gasteiger partial charge in [0.15, 0.2) is 0 Å². The number of hydrogen-bond donors (Lipinski definition) is 2. The van der Waals surface area contributed by atoms with E-state index in [2.05, 4.69) is 24.5 Å². The zero-order valence-corrected chi connectivity index (χ0v) is 12.1. The van der Waals surface area contributed by atoms with E-state index in [1.807, 2.05) is 0 Å². The van der Waals surface area contributed by atoms with Gasteiger partial charge in [-0.3, -0.25) is 9.59 Å². The Hall–Kier alpha value is -1.06. The Bertz CT molecular complexity index is 342. The molecule has 108 valence electrons. The third-order valence-corrected chi connectivity index (χ3v) is 4.32. The van der Waals surface area contributed by atoms with Gasteiger partial charge in [-0.2, -0.15) is 0 Å². The second-order valence-corrected chi connectivity index (χ2v) is 6.48. The van der Waals surface area contributed by atoms with Crippen molar-refractivity contribution in [3.8, 4) is 0 Å². The molecule has 0 radical (unpaired) electrons. The maximum Gasteiger partial charge on any atom is 0.235 e. The van der Waals surface area contributed by atoms with Crippen molar-refractivity contribution in [2.45, 2.75) is 64.8 Å². The van der Waals surface area contributed by atoms with E-state index < -0.39 is 5.41 Å². The maximum atomic E-state index is 12.2. The minimum atomic E-state index is -0.737. The fraction of sp³-hybridized carbons (Fsp3) is 0.867. The van der Waals surface area contributed by atoms with Crippen molar-refractivity contribution < 1.29 is 9.59 Å². The van der Waals surface area contributed by atoms with Gasteiger partial charge in [-0.05, 0) is 38.0 Å². The van der Waals surface area contributed by atoms with Gasteiger partial charge in [-0.15, -0.1) is 0 Å². The second-order valence-electron chi connectivity index (χ2n) is 6.48. The lowest BCUT2D eigenvalue weighted by Gasteiger charge is -2.19. The largest absolute Gasteiger partial charge is 0.355 e. The first-order chi connectivity index (χ1) is 9.04. The summed E-state index contributed by atoms with van der Waals surface area (Å²) in [4.78, 5) is 24.4. The highest BCUT2D eigenvalue weighted by atomic mass is 16.2. The molecule has 2 N–H and O–H groups in total. The summed E-state index contributed by atoms with van der Waals surface area (Å²) in [5.74, 6) is 0.466. The van der Waals surface area contributed by atoms with Crippen LogP contribution in [0.5, 0.6) is 0 Å². The van der Waals surface area contributed by atoms with Crippen molar-refractivity contribution in [1.82, 2.24) is 10.6 Å². The third-order valence-electron chi connectivity index (χ3n) is 4.32. The number of carbonyl (C=O) groups excluding carboxylic acids is 2. The fourth-order valence-corrected chi connectivity index (χ4v) is 2.72. The molecule has 2 rings (SSSR count). The predicted octanol–water partition coefficient (Wildman–Crippen LogP) is 1.99. The molecule has 0 aromatic carbocycles. The van der Waals surface area contributed by atoms with E-state index in [1.54, 1.807) is 0 Å². The van der Waals surface area contributed by atoms with E-state index in [-0.39, 0.29) is 11.8 Å². The van der Waals surface area contributed by atoms with E-state index >= 15 is 0 Å². The van der Waals surface area contributed by atoms with E-state index in [1.165, 1.54) is 12.8 Å². The van der Waals surface area contributed by atoms with Crippen LogP contribution in [0.2, 0.25) is 0 Å². The van der Waals surface area contributed by atoms with Gasteiger partial charge in [0.05, 0.1) is 0 Å². The van der Waals surface area contributed by atoms with Gasteiger partial charge < -0.3 is 10.6 Å². The number of amides is 2. The lowest BCUT2D eigenvalue weighted by Crippen LogP contribution is -2.46. The van der Waals surface area contributed by atoms with Crippen molar-refractivity contribution in [2.24, 2.45) is 11.3 Å². The van der Waals surface area contributed by atoms with E-state index in [9.17, 15) is 9.59 Å². The van der Waals surface area contributed by atoms with Crippen molar-refractivity contribution >= 4 is 11.8 Å². The van der Waals surface area contributed by atoms with Crippen LogP contribution in [0, 0.1) is 11.3 Å². The van der Waals surface area contributed by atoms with Crippen LogP contribution in [0.25, 0.3) is 0 Å². The van der Waals surface area contributed by atoms with E-state index in [0.29, 0.717) is 31.3 Å². The molecular weight excluding hydrogens is 240 g/mol. The first-order valence-electron chi connectivity index (χ1n) is 7.64. The number of nitrogens with one attached hydrogen (secondary N) is 2. The minimum absolute atomic E-state index is 0.0403. The van der Waals surface area contributed by atoms with Crippen LogP contribution in [-0.4, -0.2) is 24.4 Å². The molecule has 4 heteroatoms. The topological polar surface area (TPSA) is 58.2 Å². The van der Waals surface area contributed by atoms with Gasteiger partial charge in [-0.1, -0.05) is 26.7 Å². The highest BCUT2D eigenvalue weighted by molar-refractivity contribution is 6.07. The molecule has 0 bridgehead atoms. The summed E-state index contributed by atoms with van der Waals surface area (Å²) in [5.41, 5.74) is -0.737. The lowest BCUT2D eigenvalue weighted by molar-refractivity contribution is -0.137. The molecule has 0 atom stereocenters.